The zero-order valence-electron chi connectivity index (χ0n) is 16.6. The topological polar surface area (TPSA) is 49.7 Å². The molecule has 4 rings (SSSR count). The summed E-state index contributed by atoms with van der Waals surface area (Å²) in [5, 5.41) is 13.4. The first kappa shape index (κ1) is 21.7. The van der Waals surface area contributed by atoms with Gasteiger partial charge in [0.1, 0.15) is 0 Å². The fourth-order valence-corrected chi connectivity index (χ4v) is 16.7. The number of benzene rings is 1. The van der Waals surface area contributed by atoms with E-state index in [-0.39, 0.29) is 20.3 Å². The summed E-state index contributed by atoms with van der Waals surface area (Å²) in [6.07, 6.45) is 5.32. The van der Waals surface area contributed by atoms with Gasteiger partial charge in [0, 0.05) is 0 Å². The second kappa shape index (κ2) is 7.89. The Labute approximate surface area is 205 Å². The van der Waals surface area contributed by atoms with E-state index < -0.39 is 8.07 Å². The number of aromatic hydroxyl groups is 1. The fraction of sp³-hybridized carbons (Fsp3) is 0.273. The fourth-order valence-electron chi connectivity index (χ4n) is 4.91. The van der Waals surface area contributed by atoms with E-state index in [1.54, 1.807) is 12.1 Å². The molecule has 150 valence electrons. The van der Waals surface area contributed by atoms with E-state index in [2.05, 4.69) is 78.9 Å². The van der Waals surface area contributed by atoms with Crippen molar-refractivity contribution in [3.63, 3.8) is 0 Å². The molecule has 7 heteroatoms. The second-order valence-electron chi connectivity index (χ2n) is 8.05. The summed E-state index contributed by atoms with van der Waals surface area (Å²) in [6, 6.07) is 5.97. The number of hydrogen-bond donors (Lipinski definition) is 1. The van der Waals surface area contributed by atoms with Gasteiger partial charge >= 0.3 is 207 Å². The molecule has 3 nitrogen and oxygen atoms in total. The molecule has 0 saturated carbocycles. The number of hydrogen-bond acceptors (Lipinski definition) is 3. The molecule has 2 heterocycles. The van der Waals surface area contributed by atoms with E-state index in [0.717, 1.165) is 22.2 Å². The number of nitrogens with zero attached hydrogens (tertiary/aromatic N) is 1. The van der Waals surface area contributed by atoms with Gasteiger partial charge in [0.25, 0.3) is 0 Å². The van der Waals surface area contributed by atoms with Gasteiger partial charge < -0.3 is 0 Å². The van der Waals surface area contributed by atoms with Gasteiger partial charge in [-0.05, 0) is 0 Å². The Morgan fingerprint density at radius 1 is 1.10 bits per heavy atom. The predicted molar refractivity (Wildman–Crippen MR) is 141 cm³/mol. The maximum atomic E-state index is 12.4. The maximum absolute atomic E-state index is 12.4. The van der Waals surface area contributed by atoms with E-state index in [1.165, 1.54) is 15.6 Å². The van der Waals surface area contributed by atoms with Crippen LogP contribution >= 0.6 is 45.2 Å². The molecule has 1 aromatic heterocycles. The van der Waals surface area contributed by atoms with E-state index in [4.69, 9.17) is 4.99 Å². The molecule has 0 atom stereocenters. The van der Waals surface area contributed by atoms with Crippen molar-refractivity contribution in [2.75, 3.05) is 0 Å². The van der Waals surface area contributed by atoms with E-state index in [9.17, 15) is 9.90 Å². The van der Waals surface area contributed by atoms with E-state index in [0.29, 0.717) is 16.8 Å². The van der Waals surface area contributed by atoms with Crippen LogP contribution in [0.15, 0.2) is 46.6 Å². The summed E-state index contributed by atoms with van der Waals surface area (Å²) >= 11 is 4.98. The molecule has 0 spiro atoms. The van der Waals surface area contributed by atoms with Crippen molar-refractivity contribution in [2.24, 2.45) is 4.99 Å². The average molecular weight is 692 g/mol. The van der Waals surface area contributed by atoms with Gasteiger partial charge in [-0.3, -0.25) is 0 Å². The number of carbonyl (C=O) groups excluding carboxylic acids is 1. The van der Waals surface area contributed by atoms with Crippen molar-refractivity contribution < 1.29 is 9.90 Å². The quantitative estimate of drug-likeness (QED) is 0.263. The molecular weight excluding hydrogens is 671 g/mol. The normalized spacial score (nSPS) is 17.3. The summed E-state index contributed by atoms with van der Waals surface area (Å²) in [7, 11) is -2.41. The van der Waals surface area contributed by atoms with Gasteiger partial charge in [0.05, 0.1) is 0 Å². The van der Waals surface area contributed by atoms with Crippen molar-refractivity contribution in [3.8, 4) is 15.8 Å². The van der Waals surface area contributed by atoms with Crippen LogP contribution < -0.4 is 5.19 Å². The number of halogens is 2. The Hall–Kier alpha value is -0.484. The van der Waals surface area contributed by atoms with Crippen molar-refractivity contribution in [2.45, 2.75) is 38.8 Å². The molecule has 0 unspecified atom stereocenters. The van der Waals surface area contributed by atoms with Gasteiger partial charge in [-0.1, -0.05) is 0 Å². The molecule has 29 heavy (non-hydrogen) atoms. The van der Waals surface area contributed by atoms with E-state index >= 15 is 0 Å². The number of fused-ring (bicyclic) bond motifs is 2. The first-order chi connectivity index (χ1) is 13.7. The number of phenols is 1. The number of aliphatic imine (C=N–C) groups is 1. The van der Waals surface area contributed by atoms with Crippen molar-refractivity contribution in [3.05, 3.63) is 47.6 Å². The number of ketones is 1. The molecule has 0 saturated heterocycles. The third-order valence-corrected chi connectivity index (χ3v) is 17.3. The standard InChI is InChI=1S/C22H21I2NO2SeSi/c1-11(2)29(12(3)4)18-9-13(26)5-6-15(18)25-16-7-8-17(27)20(22(16)29)21-14(23)10-19(24)28-21/h5-12,27H,1-4H3. The molecule has 1 N–H and O–H groups in total. The molecule has 1 aliphatic heterocycles. The Bertz CT molecular complexity index is 1120. The van der Waals surface area contributed by atoms with Crippen LogP contribution in [0.4, 0.5) is 5.69 Å². The van der Waals surface area contributed by atoms with Crippen LogP contribution in [0.1, 0.15) is 27.7 Å². The Balaban J connectivity index is 2.19. The van der Waals surface area contributed by atoms with Crippen LogP contribution in [-0.2, 0) is 4.79 Å². The number of carbonyl (C=O) groups is 1. The Morgan fingerprint density at radius 3 is 2.38 bits per heavy atom. The van der Waals surface area contributed by atoms with Crippen LogP contribution in [0.5, 0.6) is 5.75 Å². The van der Waals surface area contributed by atoms with Crippen LogP contribution in [-0.4, -0.2) is 39.2 Å². The first-order valence-corrected chi connectivity index (χ1v) is 15.5. The number of rotatable bonds is 3. The molecule has 2 aromatic rings. The van der Waals surface area contributed by atoms with Crippen LogP contribution in [0, 0.1) is 6.01 Å². The first-order valence-electron chi connectivity index (χ1n) is 9.52. The Kier molecular flexibility index (Phi) is 5.91. The molecule has 2 aliphatic rings. The zero-order valence-corrected chi connectivity index (χ0v) is 23.6. The number of phenolic OH excluding ortho intramolecular Hbond substituents is 1. The molecular formula is C22H21I2NO2SeSi. The zero-order chi connectivity index (χ0) is 21.1. The second-order valence-corrected chi connectivity index (χ2v) is 19.3. The monoisotopic (exact) mass is 693 g/mol. The van der Waals surface area contributed by atoms with Crippen LogP contribution in [0.25, 0.3) is 10.0 Å². The van der Waals surface area contributed by atoms with Gasteiger partial charge in [-0.15, -0.1) is 0 Å². The Morgan fingerprint density at radius 2 is 1.79 bits per heavy atom. The SMILES string of the molecule is CC(C)[Si]1(C(C)C)C2=CC(=O)C=CC2=Nc2ccc(O)c(-c3[se]c(I)cc3I)c21. The third kappa shape index (κ3) is 3.31. The van der Waals surface area contributed by atoms with Crippen LogP contribution in [0.2, 0.25) is 11.1 Å². The summed E-state index contributed by atoms with van der Waals surface area (Å²) in [5.74, 6) is 0.377. The van der Waals surface area contributed by atoms with Crippen molar-refractivity contribution in [1.29, 1.82) is 0 Å². The number of allylic oxidation sites excluding steroid dienone is 4. The van der Waals surface area contributed by atoms with Crippen LogP contribution in [0.3, 0.4) is 0 Å². The van der Waals surface area contributed by atoms with Gasteiger partial charge in [-0.25, -0.2) is 0 Å². The average Bonchev–Trinajstić information content (AvgIpc) is 2.97. The van der Waals surface area contributed by atoms with Gasteiger partial charge in [0.15, 0.2) is 0 Å². The van der Waals surface area contributed by atoms with Gasteiger partial charge in [-0.2, -0.15) is 0 Å². The molecule has 0 radical (unpaired) electrons. The summed E-state index contributed by atoms with van der Waals surface area (Å²) in [4.78, 5) is 17.4. The van der Waals surface area contributed by atoms with Crippen molar-refractivity contribution >= 4 is 90.1 Å². The summed E-state index contributed by atoms with van der Waals surface area (Å²) in [6.45, 7) is 9.10. The predicted octanol–water partition coefficient (Wildman–Crippen LogP) is 5.49. The molecule has 0 amide bonds. The molecule has 1 aliphatic carbocycles. The molecule has 0 fully saturated rings. The minimum absolute atomic E-state index is 0.0392. The summed E-state index contributed by atoms with van der Waals surface area (Å²) in [5.41, 5.74) is 3.59. The third-order valence-electron chi connectivity index (χ3n) is 5.93. The van der Waals surface area contributed by atoms with E-state index in [1.807, 2.05) is 18.2 Å². The summed E-state index contributed by atoms with van der Waals surface area (Å²) < 4.78 is 3.78. The molecule has 1 aromatic carbocycles. The molecule has 0 bridgehead atoms. The minimum atomic E-state index is -2.41. The van der Waals surface area contributed by atoms with Crippen molar-refractivity contribution in [1.82, 2.24) is 0 Å². The van der Waals surface area contributed by atoms with Gasteiger partial charge in [0.2, 0.25) is 0 Å².